The zero-order chi connectivity index (χ0) is 16.2. The molecular weight excluding hydrogens is 292 g/mol. The van der Waals surface area contributed by atoms with Crippen LogP contribution in [0.4, 0.5) is 0 Å². The van der Waals surface area contributed by atoms with Gasteiger partial charge in [0.1, 0.15) is 23.8 Å². The number of ketones is 1. The predicted molar refractivity (Wildman–Crippen MR) is 88.0 cm³/mol. The number of carbonyl (C=O) groups is 1. The first kappa shape index (κ1) is 15.1. The number of rotatable bonds is 6. The average Bonchev–Trinajstić information content (AvgIpc) is 3.08. The largest absolute Gasteiger partial charge is 0.497 e. The van der Waals surface area contributed by atoms with Crippen LogP contribution in [0.15, 0.2) is 48.8 Å². The molecule has 0 spiro atoms. The molecule has 3 rings (SSSR count). The first-order valence-electron chi connectivity index (χ1n) is 7.48. The number of carbonyl (C=O) groups excluding carboxylic acids is 1. The van der Waals surface area contributed by atoms with E-state index >= 15 is 0 Å². The lowest BCUT2D eigenvalue weighted by atomic mass is 10.1. The van der Waals surface area contributed by atoms with Crippen molar-refractivity contribution in [2.75, 3.05) is 13.7 Å². The molecule has 5 heteroatoms. The van der Waals surface area contributed by atoms with Crippen LogP contribution in [-0.2, 0) is 4.79 Å². The smallest absolute Gasteiger partial charge is 0.169 e. The summed E-state index contributed by atoms with van der Waals surface area (Å²) in [7, 11) is 1.60. The van der Waals surface area contributed by atoms with Gasteiger partial charge < -0.3 is 9.47 Å². The van der Waals surface area contributed by atoms with E-state index in [2.05, 4.69) is 4.98 Å². The van der Waals surface area contributed by atoms with Crippen molar-refractivity contribution < 1.29 is 14.3 Å². The second kappa shape index (κ2) is 6.52. The van der Waals surface area contributed by atoms with E-state index in [-0.39, 0.29) is 12.4 Å². The van der Waals surface area contributed by atoms with Gasteiger partial charge in [-0.15, -0.1) is 0 Å². The van der Waals surface area contributed by atoms with E-state index in [0.717, 1.165) is 16.9 Å². The van der Waals surface area contributed by atoms with Gasteiger partial charge in [-0.25, -0.2) is 4.98 Å². The van der Waals surface area contributed by atoms with Crippen molar-refractivity contribution >= 4 is 11.4 Å². The predicted octanol–water partition coefficient (Wildman–Crippen LogP) is 3.37. The maximum absolute atomic E-state index is 11.6. The molecule has 3 aromatic rings. The van der Waals surface area contributed by atoms with Crippen molar-refractivity contribution in [3.8, 4) is 22.8 Å². The number of aromatic nitrogens is 2. The third kappa shape index (κ3) is 3.04. The van der Waals surface area contributed by atoms with Gasteiger partial charge in [-0.05, 0) is 24.3 Å². The minimum absolute atomic E-state index is 0.0522. The van der Waals surface area contributed by atoms with Crippen LogP contribution in [0.1, 0.15) is 13.3 Å². The van der Waals surface area contributed by atoms with Gasteiger partial charge in [-0.2, -0.15) is 0 Å². The number of hydrogen-bond acceptors (Lipinski definition) is 4. The number of fused-ring (bicyclic) bond motifs is 1. The molecule has 0 unspecified atom stereocenters. The van der Waals surface area contributed by atoms with Gasteiger partial charge in [0.25, 0.3) is 0 Å². The van der Waals surface area contributed by atoms with Gasteiger partial charge in [-0.3, -0.25) is 9.20 Å². The lowest BCUT2D eigenvalue weighted by Gasteiger charge is -2.14. The molecule has 0 amide bonds. The van der Waals surface area contributed by atoms with Gasteiger partial charge in [0.2, 0.25) is 0 Å². The van der Waals surface area contributed by atoms with E-state index in [4.69, 9.17) is 9.47 Å². The molecule has 2 heterocycles. The number of hydrogen-bond donors (Lipinski definition) is 0. The molecule has 0 bridgehead atoms. The molecule has 0 N–H and O–H groups in total. The summed E-state index contributed by atoms with van der Waals surface area (Å²) in [5, 5.41) is 0. The van der Waals surface area contributed by atoms with Gasteiger partial charge in [0, 0.05) is 30.4 Å². The summed E-state index contributed by atoms with van der Waals surface area (Å²) in [4.78, 5) is 15.9. The second-order valence-corrected chi connectivity index (χ2v) is 5.11. The van der Waals surface area contributed by atoms with Crippen LogP contribution < -0.4 is 9.47 Å². The van der Waals surface area contributed by atoms with Crippen LogP contribution in [-0.4, -0.2) is 28.9 Å². The minimum atomic E-state index is 0.0522. The zero-order valence-corrected chi connectivity index (χ0v) is 13.2. The van der Waals surface area contributed by atoms with Crippen LogP contribution in [0.2, 0.25) is 0 Å². The number of methoxy groups -OCH3 is 1. The van der Waals surface area contributed by atoms with Crippen molar-refractivity contribution in [3.63, 3.8) is 0 Å². The Bertz CT molecular complexity index is 839. The highest BCUT2D eigenvalue weighted by atomic mass is 16.5. The van der Waals surface area contributed by atoms with Crippen LogP contribution >= 0.6 is 0 Å². The number of nitrogens with zero attached hydrogens (tertiary/aromatic N) is 2. The van der Waals surface area contributed by atoms with Crippen LogP contribution in [0, 0.1) is 0 Å². The van der Waals surface area contributed by atoms with Crippen molar-refractivity contribution in [2.45, 2.75) is 13.3 Å². The quantitative estimate of drug-likeness (QED) is 0.700. The molecule has 0 aliphatic carbocycles. The van der Waals surface area contributed by atoms with Crippen molar-refractivity contribution in [1.29, 1.82) is 0 Å². The molecule has 0 saturated heterocycles. The Morgan fingerprint density at radius 2 is 2.13 bits per heavy atom. The monoisotopic (exact) mass is 310 g/mol. The molecule has 118 valence electrons. The molecule has 5 nitrogen and oxygen atoms in total. The summed E-state index contributed by atoms with van der Waals surface area (Å²) in [6.07, 6.45) is 4.11. The number of benzene rings is 1. The van der Waals surface area contributed by atoms with Gasteiger partial charge in [0.05, 0.1) is 12.8 Å². The van der Waals surface area contributed by atoms with E-state index in [9.17, 15) is 4.79 Å². The molecule has 0 radical (unpaired) electrons. The number of imidazole rings is 1. The number of ether oxygens (including phenoxy) is 2. The summed E-state index contributed by atoms with van der Waals surface area (Å²) in [5.41, 5.74) is 2.69. The van der Waals surface area contributed by atoms with Crippen molar-refractivity contribution in [1.82, 2.24) is 9.38 Å². The van der Waals surface area contributed by atoms with Crippen molar-refractivity contribution in [3.05, 3.63) is 48.8 Å². The molecule has 23 heavy (non-hydrogen) atoms. The summed E-state index contributed by atoms with van der Waals surface area (Å²) < 4.78 is 13.0. The standard InChI is InChI=1S/C18H18N2O3/c1-3-13(21)12-23-17-11-14(22-2)7-8-15(17)16-5-4-6-18-19-9-10-20(16)18/h4-11H,3,12H2,1-2H3. The van der Waals surface area contributed by atoms with Crippen LogP contribution in [0.25, 0.3) is 16.9 Å². The highest BCUT2D eigenvalue weighted by molar-refractivity contribution is 5.80. The maximum Gasteiger partial charge on any atom is 0.169 e. The van der Waals surface area contributed by atoms with Gasteiger partial charge >= 0.3 is 0 Å². The molecule has 0 aliphatic rings. The Balaban J connectivity index is 2.07. The van der Waals surface area contributed by atoms with Crippen molar-refractivity contribution in [2.24, 2.45) is 0 Å². The topological polar surface area (TPSA) is 52.8 Å². The maximum atomic E-state index is 11.6. The molecule has 0 aliphatic heterocycles. The fraction of sp³-hybridized carbons (Fsp3) is 0.222. The van der Waals surface area contributed by atoms with E-state index in [1.54, 1.807) is 19.4 Å². The Labute approximate surface area is 134 Å². The number of pyridine rings is 1. The molecule has 1 aromatic carbocycles. The molecular formula is C18H18N2O3. The zero-order valence-electron chi connectivity index (χ0n) is 13.2. The first-order chi connectivity index (χ1) is 11.2. The average molecular weight is 310 g/mol. The van der Waals surface area contributed by atoms with Crippen LogP contribution in [0.5, 0.6) is 11.5 Å². The second-order valence-electron chi connectivity index (χ2n) is 5.11. The normalized spacial score (nSPS) is 10.7. The van der Waals surface area contributed by atoms with E-state index in [0.29, 0.717) is 17.9 Å². The fourth-order valence-corrected chi connectivity index (χ4v) is 2.39. The molecule has 0 atom stereocenters. The Hall–Kier alpha value is -2.82. The van der Waals surface area contributed by atoms with E-state index in [1.807, 2.05) is 47.9 Å². The third-order valence-corrected chi connectivity index (χ3v) is 3.68. The number of Topliss-reactive ketones (excluding diaryl/α,β-unsaturated/α-hetero) is 1. The minimum Gasteiger partial charge on any atom is -0.497 e. The molecule has 0 saturated carbocycles. The van der Waals surface area contributed by atoms with Crippen LogP contribution in [0.3, 0.4) is 0 Å². The SMILES string of the molecule is CCC(=O)COc1cc(OC)ccc1-c1cccc2nccn12. The highest BCUT2D eigenvalue weighted by Crippen LogP contribution is 2.33. The summed E-state index contributed by atoms with van der Waals surface area (Å²) >= 11 is 0. The summed E-state index contributed by atoms with van der Waals surface area (Å²) in [5.74, 6) is 1.36. The third-order valence-electron chi connectivity index (χ3n) is 3.68. The van der Waals surface area contributed by atoms with E-state index < -0.39 is 0 Å². The Morgan fingerprint density at radius 3 is 2.91 bits per heavy atom. The van der Waals surface area contributed by atoms with Gasteiger partial charge in [0.15, 0.2) is 5.78 Å². The fourth-order valence-electron chi connectivity index (χ4n) is 2.39. The lowest BCUT2D eigenvalue weighted by Crippen LogP contribution is -2.10. The molecule has 0 fully saturated rings. The van der Waals surface area contributed by atoms with E-state index in [1.165, 1.54) is 0 Å². The summed E-state index contributed by atoms with van der Waals surface area (Å²) in [6.45, 7) is 1.88. The first-order valence-corrected chi connectivity index (χ1v) is 7.48. The molecule has 2 aromatic heterocycles. The lowest BCUT2D eigenvalue weighted by molar-refractivity contribution is -0.120. The Morgan fingerprint density at radius 1 is 1.26 bits per heavy atom. The highest BCUT2D eigenvalue weighted by Gasteiger charge is 2.12. The summed E-state index contributed by atoms with van der Waals surface area (Å²) in [6, 6.07) is 11.5. The Kier molecular flexibility index (Phi) is 4.28. The van der Waals surface area contributed by atoms with Gasteiger partial charge in [-0.1, -0.05) is 13.0 Å².